The maximum Gasteiger partial charge on any atom is 0.322 e. The number of anilines is 1. The van der Waals surface area contributed by atoms with Crippen LogP contribution in [0.25, 0.3) is 0 Å². The monoisotopic (exact) mass is 473 g/mol. The van der Waals surface area contributed by atoms with Crippen LogP contribution in [0.15, 0.2) is 53.1 Å². The van der Waals surface area contributed by atoms with E-state index in [0.29, 0.717) is 31.2 Å². The Hall–Kier alpha value is -2.98. The molecule has 2 N–H and O–H groups in total. The summed E-state index contributed by atoms with van der Waals surface area (Å²) in [6, 6.07) is 6.16. The number of carbonyl (C=O) groups excluding carboxylic acids is 3. The molecule has 1 fully saturated rings. The number of benzene rings is 1. The number of thiol groups is 1. The minimum Gasteiger partial charge on any atom is -0.359 e. The van der Waals surface area contributed by atoms with Gasteiger partial charge in [0.1, 0.15) is 0 Å². The fraction of sp³-hybridized carbons (Fsp3) is 0.435. The number of carbonyl (C=O) groups is 3. The number of nitroso groups, excluding NO2 is 1. The van der Waals surface area contributed by atoms with E-state index in [2.05, 4.69) is 46.8 Å². The fourth-order valence-corrected chi connectivity index (χ4v) is 4.10. The summed E-state index contributed by atoms with van der Waals surface area (Å²) in [5.41, 5.74) is 1.26. The number of nitrogens with one attached hydrogen (secondary N) is 2. The number of likely N-dealkylation sites (tertiary alicyclic amines) is 1. The molecule has 1 aromatic carbocycles. The summed E-state index contributed by atoms with van der Waals surface area (Å²) >= 11 is 4.09. The zero-order valence-electron chi connectivity index (χ0n) is 18.8. The van der Waals surface area contributed by atoms with Crippen molar-refractivity contribution in [2.75, 3.05) is 31.5 Å². The van der Waals surface area contributed by atoms with Gasteiger partial charge in [0, 0.05) is 54.7 Å². The van der Waals surface area contributed by atoms with Crippen molar-refractivity contribution in [1.82, 2.24) is 15.1 Å². The average Bonchev–Trinajstić information content (AvgIpc) is 2.82. The van der Waals surface area contributed by atoms with Crippen LogP contribution in [0, 0.1) is 4.91 Å². The van der Waals surface area contributed by atoms with Crippen LogP contribution >= 0.6 is 12.6 Å². The predicted molar refractivity (Wildman–Crippen MR) is 132 cm³/mol. The Morgan fingerprint density at radius 2 is 2.09 bits per heavy atom. The van der Waals surface area contributed by atoms with Crippen LogP contribution in [0.2, 0.25) is 0 Å². The van der Waals surface area contributed by atoms with Gasteiger partial charge in [-0.05, 0) is 55.4 Å². The highest BCUT2D eigenvalue weighted by Gasteiger charge is 2.29. The molecule has 1 aliphatic rings. The predicted octanol–water partition coefficient (Wildman–Crippen LogP) is 3.42. The summed E-state index contributed by atoms with van der Waals surface area (Å²) in [4.78, 5) is 49.9. The van der Waals surface area contributed by atoms with Gasteiger partial charge in [-0.1, -0.05) is 18.7 Å². The number of amides is 4. The number of nitrogens with zero attached hydrogens (tertiary/aromatic N) is 3. The van der Waals surface area contributed by atoms with Crippen molar-refractivity contribution >= 4 is 36.7 Å². The summed E-state index contributed by atoms with van der Waals surface area (Å²) in [6.07, 6.45) is 4.91. The lowest BCUT2D eigenvalue weighted by molar-refractivity contribution is -0.109. The van der Waals surface area contributed by atoms with Crippen LogP contribution in [0.4, 0.5) is 10.5 Å². The van der Waals surface area contributed by atoms with Gasteiger partial charge in [-0.15, -0.1) is 4.91 Å². The lowest BCUT2D eigenvalue weighted by Crippen LogP contribution is -2.51. The van der Waals surface area contributed by atoms with Crippen LogP contribution < -0.4 is 10.6 Å². The molecule has 0 saturated carbocycles. The van der Waals surface area contributed by atoms with Crippen molar-refractivity contribution in [2.24, 2.45) is 5.18 Å². The van der Waals surface area contributed by atoms with Crippen molar-refractivity contribution in [3.63, 3.8) is 0 Å². The smallest absolute Gasteiger partial charge is 0.322 e. The van der Waals surface area contributed by atoms with Gasteiger partial charge in [0.2, 0.25) is 6.41 Å². The van der Waals surface area contributed by atoms with Gasteiger partial charge >= 0.3 is 11.9 Å². The molecule has 178 valence electrons. The lowest BCUT2D eigenvalue weighted by atomic mass is 10.0. The quantitative estimate of drug-likeness (QED) is 0.150. The highest BCUT2D eigenvalue weighted by Crippen LogP contribution is 2.22. The molecule has 33 heavy (non-hydrogen) atoms. The first-order valence-corrected chi connectivity index (χ1v) is 11.4. The molecule has 0 radical (unpaired) electrons. The van der Waals surface area contributed by atoms with Gasteiger partial charge in [0.15, 0.2) is 0 Å². The molecular weight excluding hydrogens is 442 g/mol. The minimum absolute atomic E-state index is 0.00748. The maximum absolute atomic E-state index is 13.2. The molecule has 0 spiro atoms. The number of hydrogen-bond donors (Lipinski definition) is 3. The molecule has 4 amide bonds. The van der Waals surface area contributed by atoms with E-state index in [1.807, 2.05) is 0 Å². The Balaban J connectivity index is 2.08. The van der Waals surface area contributed by atoms with Crippen molar-refractivity contribution < 1.29 is 14.4 Å². The third-order valence-electron chi connectivity index (χ3n) is 5.74. The highest BCUT2D eigenvalue weighted by atomic mass is 32.1. The zero-order valence-corrected chi connectivity index (χ0v) is 19.7. The maximum atomic E-state index is 13.2. The molecule has 9 nitrogen and oxygen atoms in total. The first-order valence-electron chi connectivity index (χ1n) is 10.8. The topological polar surface area (TPSA) is 111 Å². The van der Waals surface area contributed by atoms with Gasteiger partial charge in [-0.3, -0.25) is 9.59 Å². The van der Waals surface area contributed by atoms with Crippen molar-refractivity contribution in [3.8, 4) is 0 Å². The number of rotatable bonds is 11. The van der Waals surface area contributed by atoms with Gasteiger partial charge in [-0.25, -0.2) is 4.79 Å². The number of piperidine rings is 1. The molecule has 1 atom stereocenters. The van der Waals surface area contributed by atoms with Crippen LogP contribution in [-0.4, -0.2) is 66.4 Å². The van der Waals surface area contributed by atoms with Crippen LogP contribution in [0.1, 0.15) is 36.5 Å². The largest absolute Gasteiger partial charge is 0.359 e. The van der Waals surface area contributed by atoms with E-state index in [-0.39, 0.29) is 17.6 Å². The summed E-state index contributed by atoms with van der Waals surface area (Å²) < 4.78 is 0. The highest BCUT2D eigenvalue weighted by molar-refractivity contribution is 7.83. The second kappa shape index (κ2) is 13.5. The van der Waals surface area contributed by atoms with E-state index in [1.54, 1.807) is 28.5 Å². The van der Waals surface area contributed by atoms with Crippen molar-refractivity contribution in [1.29, 1.82) is 0 Å². The normalized spacial score (nSPS) is 15.6. The second-order valence-corrected chi connectivity index (χ2v) is 8.28. The summed E-state index contributed by atoms with van der Waals surface area (Å²) in [5.74, 6) is -0.889. The fourth-order valence-electron chi connectivity index (χ4n) is 3.89. The molecule has 2 rings (SSSR count). The summed E-state index contributed by atoms with van der Waals surface area (Å²) in [5, 5.41) is 9.53. The van der Waals surface area contributed by atoms with Gasteiger partial charge in [0.25, 0.3) is 0 Å². The molecule has 1 heterocycles. The Morgan fingerprint density at radius 1 is 1.36 bits per heavy atom. The molecule has 0 aromatic heterocycles. The Morgan fingerprint density at radius 3 is 2.73 bits per heavy atom. The van der Waals surface area contributed by atoms with Gasteiger partial charge in [-0.2, -0.15) is 12.6 Å². The van der Waals surface area contributed by atoms with Gasteiger partial charge < -0.3 is 20.4 Å². The van der Waals surface area contributed by atoms with Crippen LogP contribution in [0.5, 0.6) is 0 Å². The zero-order chi connectivity index (χ0) is 24.2. The number of hydrogen-bond acceptors (Lipinski definition) is 6. The summed E-state index contributed by atoms with van der Waals surface area (Å²) in [6.45, 7) is 8.78. The van der Waals surface area contributed by atoms with E-state index < -0.39 is 5.91 Å². The van der Waals surface area contributed by atoms with Gasteiger partial charge in [0.05, 0.1) is 0 Å². The molecule has 0 bridgehead atoms. The third-order valence-corrected chi connectivity index (χ3v) is 5.89. The van der Waals surface area contributed by atoms with Crippen molar-refractivity contribution in [2.45, 2.75) is 38.3 Å². The van der Waals surface area contributed by atoms with E-state index in [1.165, 1.54) is 12.1 Å². The lowest BCUT2D eigenvalue weighted by Gasteiger charge is -2.40. The van der Waals surface area contributed by atoms with E-state index in [0.717, 1.165) is 37.9 Å². The first-order chi connectivity index (χ1) is 15.9. The first kappa shape index (κ1) is 26.3. The van der Waals surface area contributed by atoms with Crippen LogP contribution in [-0.2, 0) is 4.79 Å². The molecule has 1 unspecified atom stereocenters. The Labute approximate surface area is 199 Å². The number of urea groups is 1. The Kier molecular flexibility index (Phi) is 10.8. The van der Waals surface area contributed by atoms with Crippen molar-refractivity contribution in [3.05, 3.63) is 58.4 Å². The minimum atomic E-state index is -0.889. The molecule has 1 saturated heterocycles. The SMILES string of the molecule is C=C(/C=C\S)CN(C(=O)Nc1cccc(C(=O)N=O)c1)C1CCN(C(C)CCNC=O)CC1. The van der Waals surface area contributed by atoms with Crippen LogP contribution in [0.3, 0.4) is 0 Å². The molecule has 1 aromatic rings. The van der Waals surface area contributed by atoms with E-state index >= 15 is 0 Å². The Bertz CT molecular complexity index is 883. The molecule has 10 heteroatoms. The standard InChI is InChI=1S/C23H31N5O4S/c1-17(9-13-33)15-28(21-7-11-27(12-8-21)18(2)6-10-24-16-29)23(31)25-20-5-3-4-19(14-20)22(30)26-32/h3-5,9,13-14,16,18,21,33H,1,6-8,10-12,15H2,2H3,(H,24,29)(H,25,31)/b13-9-. The molecule has 1 aliphatic heterocycles. The van der Waals surface area contributed by atoms with E-state index in [9.17, 15) is 19.3 Å². The molecular formula is C23H31N5O4S. The third kappa shape index (κ3) is 8.14. The molecule has 0 aliphatic carbocycles. The average molecular weight is 474 g/mol. The van der Waals surface area contributed by atoms with E-state index in [4.69, 9.17) is 0 Å². The summed E-state index contributed by atoms with van der Waals surface area (Å²) in [7, 11) is 0. The second-order valence-electron chi connectivity index (χ2n) is 7.99.